The first-order valence-corrected chi connectivity index (χ1v) is 6.12. The lowest BCUT2D eigenvalue weighted by atomic mass is 10.1. The number of carboxylic acids is 1. The number of anilines is 1. The van der Waals surface area contributed by atoms with Crippen LogP contribution in [0.3, 0.4) is 0 Å². The molecule has 3 rings (SSSR count). The number of para-hydroxylation sites is 1. The lowest BCUT2D eigenvalue weighted by molar-refractivity contribution is 0.0690. The number of pyridine rings is 1. The van der Waals surface area contributed by atoms with Crippen molar-refractivity contribution in [1.82, 2.24) is 4.98 Å². The van der Waals surface area contributed by atoms with Crippen molar-refractivity contribution >= 4 is 28.5 Å². The molecule has 104 valence electrons. The topological polar surface area (TPSA) is 92.4 Å². The highest BCUT2D eigenvalue weighted by atomic mass is 16.4. The van der Waals surface area contributed by atoms with Crippen molar-refractivity contribution < 1.29 is 19.1 Å². The monoisotopic (exact) mass is 282 g/mol. The van der Waals surface area contributed by atoms with Crippen molar-refractivity contribution in [1.29, 1.82) is 0 Å². The summed E-state index contributed by atoms with van der Waals surface area (Å²) >= 11 is 0. The highest BCUT2D eigenvalue weighted by Crippen LogP contribution is 2.21. The van der Waals surface area contributed by atoms with Crippen LogP contribution in [-0.4, -0.2) is 22.0 Å². The smallest absolute Gasteiger partial charge is 0.354 e. The number of furan rings is 1. The number of nitrogens with one attached hydrogen (secondary N) is 1. The van der Waals surface area contributed by atoms with E-state index < -0.39 is 5.97 Å². The predicted octanol–water partition coefficient (Wildman–Crippen LogP) is 2.78. The van der Waals surface area contributed by atoms with Gasteiger partial charge in [-0.2, -0.15) is 0 Å². The summed E-state index contributed by atoms with van der Waals surface area (Å²) in [6.45, 7) is 0. The normalized spacial score (nSPS) is 10.5. The molecular weight excluding hydrogens is 272 g/mol. The van der Waals surface area contributed by atoms with E-state index in [2.05, 4.69) is 10.3 Å². The van der Waals surface area contributed by atoms with E-state index >= 15 is 0 Å². The summed E-state index contributed by atoms with van der Waals surface area (Å²) < 4.78 is 5.30. The molecule has 0 fully saturated rings. The summed E-state index contributed by atoms with van der Waals surface area (Å²) in [6, 6.07) is 9.98. The summed E-state index contributed by atoms with van der Waals surface area (Å²) in [5.74, 6) is -1.53. The van der Waals surface area contributed by atoms with Gasteiger partial charge in [-0.3, -0.25) is 4.79 Å². The van der Waals surface area contributed by atoms with E-state index in [-0.39, 0.29) is 11.6 Å². The van der Waals surface area contributed by atoms with Gasteiger partial charge in [-0.05, 0) is 18.2 Å². The number of carbonyl (C=O) groups excluding carboxylic acids is 1. The number of carboxylic acid groups (broad SMARTS) is 1. The molecule has 2 heterocycles. The summed E-state index contributed by atoms with van der Waals surface area (Å²) in [5.41, 5.74) is 1.23. The van der Waals surface area contributed by atoms with Gasteiger partial charge in [0.05, 0.1) is 5.56 Å². The third-order valence-electron chi connectivity index (χ3n) is 2.96. The third kappa shape index (κ3) is 2.46. The first-order valence-electron chi connectivity index (χ1n) is 6.12. The maximum atomic E-state index is 12.2. The molecule has 1 aromatic carbocycles. The van der Waals surface area contributed by atoms with Gasteiger partial charge in [0.15, 0.2) is 0 Å². The van der Waals surface area contributed by atoms with E-state index in [1.54, 1.807) is 12.1 Å². The Hall–Kier alpha value is -3.15. The largest absolute Gasteiger partial charge is 0.477 e. The van der Waals surface area contributed by atoms with E-state index in [1.807, 2.05) is 12.1 Å². The number of amides is 1. The van der Waals surface area contributed by atoms with Gasteiger partial charge in [0.2, 0.25) is 0 Å². The minimum Gasteiger partial charge on any atom is -0.477 e. The van der Waals surface area contributed by atoms with Crippen LogP contribution in [0.5, 0.6) is 0 Å². The quantitative estimate of drug-likeness (QED) is 0.770. The fourth-order valence-corrected chi connectivity index (χ4v) is 1.98. The molecule has 0 atom stereocenters. The average Bonchev–Trinajstić information content (AvgIpc) is 2.91. The Bertz CT molecular complexity index is 838. The number of aromatic carboxylic acids is 1. The number of aromatic nitrogens is 1. The van der Waals surface area contributed by atoms with Crippen LogP contribution < -0.4 is 5.32 Å². The third-order valence-corrected chi connectivity index (χ3v) is 2.96. The molecule has 3 aromatic rings. The first kappa shape index (κ1) is 12.9. The highest BCUT2D eigenvalue weighted by Gasteiger charge is 2.14. The van der Waals surface area contributed by atoms with Gasteiger partial charge in [0.25, 0.3) is 5.91 Å². The number of fused-ring (bicyclic) bond motifs is 1. The van der Waals surface area contributed by atoms with E-state index in [9.17, 15) is 9.59 Å². The summed E-state index contributed by atoms with van der Waals surface area (Å²) in [4.78, 5) is 26.8. The summed E-state index contributed by atoms with van der Waals surface area (Å²) in [6.07, 6.45) is 2.70. The van der Waals surface area contributed by atoms with Crippen LogP contribution in [0.15, 0.2) is 53.3 Å². The molecule has 0 aliphatic carbocycles. The van der Waals surface area contributed by atoms with E-state index in [0.29, 0.717) is 22.2 Å². The van der Waals surface area contributed by atoms with Gasteiger partial charge in [-0.1, -0.05) is 18.2 Å². The van der Waals surface area contributed by atoms with Gasteiger partial charge in [0, 0.05) is 17.3 Å². The van der Waals surface area contributed by atoms with Crippen LogP contribution in [0.25, 0.3) is 11.0 Å². The summed E-state index contributed by atoms with van der Waals surface area (Å²) in [5, 5.41) is 12.2. The Morgan fingerprint density at radius 3 is 2.81 bits per heavy atom. The number of hydrogen-bond donors (Lipinski definition) is 2. The zero-order valence-corrected chi connectivity index (χ0v) is 10.7. The second-order valence-electron chi connectivity index (χ2n) is 4.33. The van der Waals surface area contributed by atoms with Crippen molar-refractivity contribution in [2.75, 3.05) is 5.32 Å². The van der Waals surface area contributed by atoms with Gasteiger partial charge >= 0.3 is 5.97 Å². The molecule has 0 radical (unpaired) electrons. The molecule has 0 aliphatic rings. The van der Waals surface area contributed by atoms with Crippen LogP contribution in [0, 0.1) is 0 Å². The molecule has 0 saturated heterocycles. The molecule has 2 aromatic heterocycles. The number of carbonyl (C=O) groups is 2. The Labute approximate surface area is 119 Å². The number of nitrogens with zero attached hydrogens (tertiary/aromatic N) is 1. The van der Waals surface area contributed by atoms with Gasteiger partial charge in [-0.15, -0.1) is 0 Å². The average molecular weight is 282 g/mol. The van der Waals surface area contributed by atoms with Crippen LogP contribution in [-0.2, 0) is 0 Å². The number of rotatable bonds is 3. The van der Waals surface area contributed by atoms with Crippen LogP contribution in [0.2, 0.25) is 0 Å². The molecule has 1 amide bonds. The van der Waals surface area contributed by atoms with Crippen molar-refractivity contribution in [2.24, 2.45) is 0 Å². The standard InChI is InChI=1S/C15H10N2O4/c18-14(11-8-21-13-4-2-1-3-10(11)13)17-9-5-6-16-12(7-9)15(19)20/h1-8H,(H,19,20)(H,16,17,18). The molecule has 0 bridgehead atoms. The molecule has 0 saturated carbocycles. The van der Waals surface area contributed by atoms with Crippen LogP contribution in [0.4, 0.5) is 5.69 Å². The van der Waals surface area contributed by atoms with Crippen molar-refractivity contribution in [3.63, 3.8) is 0 Å². The van der Waals surface area contributed by atoms with E-state index in [4.69, 9.17) is 9.52 Å². The second-order valence-corrected chi connectivity index (χ2v) is 4.33. The van der Waals surface area contributed by atoms with Crippen molar-refractivity contribution in [3.8, 4) is 0 Å². The molecule has 0 aliphatic heterocycles. The fraction of sp³-hybridized carbons (Fsp3) is 0. The van der Waals surface area contributed by atoms with Gasteiger partial charge in [-0.25, -0.2) is 9.78 Å². The van der Waals surface area contributed by atoms with Crippen LogP contribution in [0.1, 0.15) is 20.8 Å². The van der Waals surface area contributed by atoms with E-state index in [1.165, 1.54) is 24.6 Å². The Kier molecular flexibility index (Phi) is 3.12. The molecule has 6 heteroatoms. The Morgan fingerprint density at radius 1 is 1.19 bits per heavy atom. The van der Waals surface area contributed by atoms with Gasteiger partial charge in [0.1, 0.15) is 17.5 Å². The van der Waals surface area contributed by atoms with Crippen LogP contribution >= 0.6 is 0 Å². The molecule has 0 spiro atoms. The lowest BCUT2D eigenvalue weighted by Gasteiger charge is -2.04. The highest BCUT2D eigenvalue weighted by molar-refractivity contribution is 6.12. The molecular formula is C15H10N2O4. The number of benzene rings is 1. The second kappa shape index (κ2) is 5.09. The SMILES string of the molecule is O=C(O)c1cc(NC(=O)c2coc3ccccc23)ccn1. The maximum Gasteiger partial charge on any atom is 0.354 e. The predicted molar refractivity (Wildman–Crippen MR) is 75.4 cm³/mol. The van der Waals surface area contributed by atoms with Crippen molar-refractivity contribution in [3.05, 3.63) is 60.1 Å². The summed E-state index contributed by atoms with van der Waals surface area (Å²) in [7, 11) is 0. The van der Waals surface area contributed by atoms with Crippen molar-refractivity contribution in [2.45, 2.75) is 0 Å². The minimum atomic E-state index is -1.15. The molecule has 0 unspecified atom stereocenters. The molecule has 21 heavy (non-hydrogen) atoms. The fourth-order valence-electron chi connectivity index (χ4n) is 1.98. The van der Waals surface area contributed by atoms with E-state index in [0.717, 1.165) is 0 Å². The molecule has 2 N–H and O–H groups in total. The number of hydrogen-bond acceptors (Lipinski definition) is 4. The lowest BCUT2D eigenvalue weighted by Crippen LogP contribution is -2.12. The molecule has 6 nitrogen and oxygen atoms in total. The Morgan fingerprint density at radius 2 is 2.00 bits per heavy atom. The minimum absolute atomic E-state index is 0.134. The maximum absolute atomic E-state index is 12.2. The Balaban J connectivity index is 1.90. The first-order chi connectivity index (χ1) is 10.1. The van der Waals surface area contributed by atoms with Gasteiger partial charge < -0.3 is 14.8 Å². The zero-order valence-electron chi connectivity index (χ0n) is 10.7. The zero-order chi connectivity index (χ0) is 14.8.